The SMILES string of the molecule is COCCC(=O)N1CCC(C(=O)O)C(C(=O)O)C1. The van der Waals surface area contributed by atoms with Gasteiger partial charge in [-0.25, -0.2) is 0 Å². The van der Waals surface area contributed by atoms with Crippen LogP contribution in [-0.4, -0.2) is 59.8 Å². The second-order valence-electron chi connectivity index (χ2n) is 4.26. The minimum absolute atomic E-state index is 0.0468. The van der Waals surface area contributed by atoms with Crippen molar-refractivity contribution in [2.24, 2.45) is 11.8 Å². The van der Waals surface area contributed by atoms with Gasteiger partial charge in [0, 0.05) is 20.2 Å². The number of carbonyl (C=O) groups is 3. The first-order chi connectivity index (χ1) is 8.47. The summed E-state index contributed by atoms with van der Waals surface area (Å²) in [5.74, 6) is -4.46. The second kappa shape index (κ2) is 6.34. The van der Waals surface area contributed by atoms with Crippen molar-refractivity contribution in [3.63, 3.8) is 0 Å². The molecule has 1 fully saturated rings. The van der Waals surface area contributed by atoms with E-state index >= 15 is 0 Å². The van der Waals surface area contributed by atoms with E-state index in [2.05, 4.69) is 0 Å². The molecular formula is C11H17NO6. The molecule has 0 aliphatic carbocycles. The van der Waals surface area contributed by atoms with E-state index < -0.39 is 23.8 Å². The van der Waals surface area contributed by atoms with E-state index in [9.17, 15) is 14.4 Å². The first-order valence-electron chi connectivity index (χ1n) is 5.69. The first kappa shape index (κ1) is 14.4. The number of carboxylic acids is 2. The third-order valence-corrected chi connectivity index (χ3v) is 3.12. The Morgan fingerprint density at radius 2 is 1.83 bits per heavy atom. The molecule has 1 rings (SSSR count). The van der Waals surface area contributed by atoms with E-state index in [0.29, 0.717) is 0 Å². The molecule has 0 aromatic carbocycles. The van der Waals surface area contributed by atoms with Crippen LogP contribution in [0.25, 0.3) is 0 Å². The number of amides is 1. The van der Waals surface area contributed by atoms with Crippen molar-refractivity contribution < 1.29 is 29.3 Å². The Morgan fingerprint density at radius 3 is 2.33 bits per heavy atom. The molecular weight excluding hydrogens is 242 g/mol. The first-order valence-corrected chi connectivity index (χ1v) is 5.69. The van der Waals surface area contributed by atoms with Crippen LogP contribution in [0.1, 0.15) is 12.8 Å². The lowest BCUT2D eigenvalue weighted by Crippen LogP contribution is -2.48. The molecule has 2 N–H and O–H groups in total. The van der Waals surface area contributed by atoms with Crippen molar-refractivity contribution in [2.45, 2.75) is 12.8 Å². The van der Waals surface area contributed by atoms with Gasteiger partial charge in [-0.1, -0.05) is 0 Å². The van der Waals surface area contributed by atoms with Crippen LogP contribution in [0, 0.1) is 11.8 Å². The Morgan fingerprint density at radius 1 is 1.22 bits per heavy atom. The Hall–Kier alpha value is -1.63. The lowest BCUT2D eigenvalue weighted by atomic mass is 9.85. The van der Waals surface area contributed by atoms with E-state index in [1.807, 2.05) is 0 Å². The quantitative estimate of drug-likeness (QED) is 0.699. The van der Waals surface area contributed by atoms with E-state index in [4.69, 9.17) is 14.9 Å². The second-order valence-corrected chi connectivity index (χ2v) is 4.26. The topological polar surface area (TPSA) is 104 Å². The number of aliphatic carboxylic acids is 2. The maximum atomic E-state index is 11.7. The van der Waals surface area contributed by atoms with Gasteiger partial charge in [0.2, 0.25) is 5.91 Å². The molecule has 1 aliphatic rings. The maximum absolute atomic E-state index is 11.7. The molecule has 102 valence electrons. The predicted molar refractivity (Wildman–Crippen MR) is 59.9 cm³/mol. The summed E-state index contributed by atoms with van der Waals surface area (Å²) in [4.78, 5) is 35.1. The molecule has 0 radical (unpaired) electrons. The number of carboxylic acid groups (broad SMARTS) is 2. The van der Waals surface area contributed by atoms with Gasteiger partial charge in [0.1, 0.15) is 0 Å². The number of likely N-dealkylation sites (tertiary alicyclic amines) is 1. The average Bonchev–Trinajstić information content (AvgIpc) is 2.34. The van der Waals surface area contributed by atoms with Crippen molar-refractivity contribution in [1.29, 1.82) is 0 Å². The highest BCUT2D eigenvalue weighted by Gasteiger charge is 2.39. The lowest BCUT2D eigenvalue weighted by Gasteiger charge is -2.34. The van der Waals surface area contributed by atoms with Crippen LogP contribution in [0.15, 0.2) is 0 Å². The summed E-state index contributed by atoms with van der Waals surface area (Å²) in [6.07, 6.45) is 0.353. The molecule has 0 spiro atoms. The summed E-state index contributed by atoms with van der Waals surface area (Å²) < 4.78 is 4.78. The summed E-state index contributed by atoms with van der Waals surface area (Å²) in [7, 11) is 1.48. The number of methoxy groups -OCH3 is 1. The van der Waals surface area contributed by atoms with Gasteiger partial charge in [-0.2, -0.15) is 0 Å². The number of hydrogen-bond acceptors (Lipinski definition) is 4. The zero-order chi connectivity index (χ0) is 13.7. The van der Waals surface area contributed by atoms with Crippen LogP contribution in [0.3, 0.4) is 0 Å². The fourth-order valence-corrected chi connectivity index (χ4v) is 2.07. The molecule has 2 unspecified atom stereocenters. The number of ether oxygens (including phenoxy) is 1. The molecule has 0 aromatic heterocycles. The molecule has 0 aromatic rings. The fraction of sp³-hybridized carbons (Fsp3) is 0.727. The normalized spacial score (nSPS) is 23.7. The number of nitrogens with zero attached hydrogens (tertiary/aromatic N) is 1. The standard InChI is InChI=1S/C11H17NO6/c1-18-5-3-9(13)12-4-2-7(10(14)15)8(6-12)11(16)17/h7-8H,2-6H2,1H3,(H,14,15)(H,16,17). The van der Waals surface area contributed by atoms with Crippen LogP contribution in [0.4, 0.5) is 0 Å². The zero-order valence-corrected chi connectivity index (χ0v) is 10.2. The Bertz CT molecular complexity index is 342. The third kappa shape index (κ3) is 3.43. The van der Waals surface area contributed by atoms with Gasteiger partial charge >= 0.3 is 11.9 Å². The monoisotopic (exact) mass is 259 g/mol. The van der Waals surface area contributed by atoms with Crippen LogP contribution in [0.2, 0.25) is 0 Å². The predicted octanol–water partition coefficient (Wildman–Crippen LogP) is -0.343. The fourth-order valence-electron chi connectivity index (χ4n) is 2.07. The van der Waals surface area contributed by atoms with Crippen molar-refractivity contribution in [2.75, 3.05) is 26.8 Å². The average molecular weight is 259 g/mol. The molecule has 0 saturated carbocycles. The molecule has 0 bridgehead atoms. The molecule has 1 aliphatic heterocycles. The highest BCUT2D eigenvalue weighted by Crippen LogP contribution is 2.24. The van der Waals surface area contributed by atoms with Gasteiger partial charge in [-0.3, -0.25) is 14.4 Å². The van der Waals surface area contributed by atoms with Crippen LogP contribution < -0.4 is 0 Å². The number of hydrogen-bond donors (Lipinski definition) is 2. The van der Waals surface area contributed by atoms with Crippen molar-refractivity contribution >= 4 is 17.8 Å². The summed E-state index contributed by atoms with van der Waals surface area (Å²) in [6, 6.07) is 0. The highest BCUT2D eigenvalue weighted by molar-refractivity contribution is 5.82. The third-order valence-electron chi connectivity index (χ3n) is 3.12. The Labute approximate surface area is 104 Å². The number of rotatable bonds is 5. The van der Waals surface area contributed by atoms with Gasteiger partial charge in [0.15, 0.2) is 0 Å². The molecule has 7 nitrogen and oxygen atoms in total. The summed E-state index contributed by atoms with van der Waals surface area (Å²) in [5, 5.41) is 17.9. The van der Waals surface area contributed by atoms with Crippen LogP contribution in [0.5, 0.6) is 0 Å². The molecule has 2 atom stereocenters. The van der Waals surface area contributed by atoms with Crippen LogP contribution in [-0.2, 0) is 19.1 Å². The summed E-state index contributed by atoms with van der Waals surface area (Å²) in [6.45, 7) is 0.508. The van der Waals surface area contributed by atoms with Gasteiger partial charge in [-0.05, 0) is 6.42 Å². The Balaban J connectivity index is 2.65. The molecule has 1 amide bonds. The van der Waals surface area contributed by atoms with E-state index in [0.717, 1.165) is 0 Å². The zero-order valence-electron chi connectivity index (χ0n) is 10.2. The summed E-state index contributed by atoms with van der Waals surface area (Å²) in [5.41, 5.74) is 0. The largest absolute Gasteiger partial charge is 0.481 e. The van der Waals surface area contributed by atoms with Crippen LogP contribution >= 0.6 is 0 Å². The van der Waals surface area contributed by atoms with Gasteiger partial charge in [0.25, 0.3) is 0 Å². The minimum atomic E-state index is -1.17. The van der Waals surface area contributed by atoms with Crippen molar-refractivity contribution in [3.05, 3.63) is 0 Å². The van der Waals surface area contributed by atoms with Crippen molar-refractivity contribution in [1.82, 2.24) is 4.90 Å². The van der Waals surface area contributed by atoms with E-state index in [-0.39, 0.29) is 38.4 Å². The number of piperidine rings is 1. The maximum Gasteiger partial charge on any atom is 0.309 e. The lowest BCUT2D eigenvalue weighted by molar-refractivity contribution is -0.159. The smallest absolute Gasteiger partial charge is 0.309 e. The Kier molecular flexibility index (Phi) is 5.08. The minimum Gasteiger partial charge on any atom is -0.481 e. The van der Waals surface area contributed by atoms with Crippen molar-refractivity contribution in [3.8, 4) is 0 Å². The van der Waals surface area contributed by atoms with Gasteiger partial charge in [-0.15, -0.1) is 0 Å². The molecule has 7 heteroatoms. The van der Waals surface area contributed by atoms with E-state index in [1.165, 1.54) is 12.0 Å². The molecule has 1 heterocycles. The molecule has 18 heavy (non-hydrogen) atoms. The number of carbonyl (C=O) groups excluding carboxylic acids is 1. The van der Waals surface area contributed by atoms with Gasteiger partial charge in [0.05, 0.1) is 24.9 Å². The van der Waals surface area contributed by atoms with E-state index in [1.54, 1.807) is 0 Å². The summed E-state index contributed by atoms with van der Waals surface area (Å²) >= 11 is 0. The van der Waals surface area contributed by atoms with Gasteiger partial charge < -0.3 is 19.8 Å². The molecule has 1 saturated heterocycles. The highest BCUT2D eigenvalue weighted by atomic mass is 16.5.